The van der Waals surface area contributed by atoms with Crippen molar-refractivity contribution in [2.75, 3.05) is 0 Å². The molecule has 0 unspecified atom stereocenters. The van der Waals surface area contributed by atoms with Crippen LogP contribution >= 0.6 is 0 Å². The van der Waals surface area contributed by atoms with E-state index in [1.54, 1.807) is 36.7 Å². The third-order valence-corrected chi connectivity index (χ3v) is 2.42. The fourth-order valence-electron chi connectivity index (χ4n) is 1.61. The van der Waals surface area contributed by atoms with Gasteiger partial charge in [-0.1, -0.05) is 6.07 Å². The van der Waals surface area contributed by atoms with E-state index in [1.165, 1.54) is 10.9 Å². The molecule has 0 aliphatic heterocycles. The van der Waals surface area contributed by atoms with Crippen molar-refractivity contribution in [2.45, 2.75) is 0 Å². The molecule has 0 bridgehead atoms. The van der Waals surface area contributed by atoms with E-state index in [4.69, 9.17) is 0 Å². The van der Waals surface area contributed by atoms with Gasteiger partial charge in [-0.2, -0.15) is 0 Å². The first-order chi connectivity index (χ1) is 8.36. The highest BCUT2D eigenvalue weighted by molar-refractivity contribution is 5.72. The predicted molar refractivity (Wildman–Crippen MR) is 62.9 cm³/mol. The molecule has 0 spiro atoms. The van der Waals surface area contributed by atoms with E-state index >= 15 is 0 Å². The van der Waals surface area contributed by atoms with Crippen molar-refractivity contribution in [1.29, 1.82) is 0 Å². The molecule has 17 heavy (non-hydrogen) atoms. The van der Waals surface area contributed by atoms with Crippen LogP contribution in [0, 0.1) is 0 Å². The first kappa shape index (κ1) is 9.65. The number of fused-ring (bicyclic) bond motifs is 1. The van der Waals surface area contributed by atoms with Crippen molar-refractivity contribution in [2.24, 2.45) is 0 Å². The second-order valence-corrected chi connectivity index (χ2v) is 3.48. The van der Waals surface area contributed by atoms with Gasteiger partial charge in [0.2, 0.25) is 0 Å². The molecule has 3 aromatic heterocycles. The van der Waals surface area contributed by atoms with E-state index < -0.39 is 0 Å². The molecule has 5 nitrogen and oxygen atoms in total. The van der Waals surface area contributed by atoms with Gasteiger partial charge >= 0.3 is 0 Å². The van der Waals surface area contributed by atoms with Gasteiger partial charge in [-0.3, -0.25) is 4.79 Å². The second-order valence-electron chi connectivity index (χ2n) is 3.48. The van der Waals surface area contributed by atoms with E-state index in [1.807, 2.05) is 6.07 Å². The van der Waals surface area contributed by atoms with E-state index in [0.717, 1.165) is 0 Å². The molecule has 0 atom stereocenters. The molecule has 0 saturated carbocycles. The van der Waals surface area contributed by atoms with Gasteiger partial charge in [0.15, 0.2) is 5.52 Å². The number of hydrogen-bond donors (Lipinski definition) is 0. The number of aromatic nitrogens is 4. The van der Waals surface area contributed by atoms with Crippen LogP contribution in [0.15, 0.2) is 53.8 Å². The maximum Gasteiger partial charge on any atom is 0.285 e. The van der Waals surface area contributed by atoms with Gasteiger partial charge in [-0.05, 0) is 24.3 Å². The normalized spacial score (nSPS) is 10.6. The molecule has 0 amide bonds. The van der Waals surface area contributed by atoms with Crippen molar-refractivity contribution in [1.82, 2.24) is 19.5 Å². The summed E-state index contributed by atoms with van der Waals surface area (Å²) in [4.78, 5) is 24.5. The average molecular weight is 224 g/mol. The van der Waals surface area contributed by atoms with Crippen LogP contribution in [0.25, 0.3) is 16.9 Å². The SMILES string of the molecule is O=c1c2ncccc2ncn1-c1ccccn1. The summed E-state index contributed by atoms with van der Waals surface area (Å²) in [7, 11) is 0. The third kappa shape index (κ3) is 1.57. The Morgan fingerprint density at radius 2 is 1.82 bits per heavy atom. The van der Waals surface area contributed by atoms with Crippen molar-refractivity contribution >= 4 is 11.0 Å². The van der Waals surface area contributed by atoms with Crippen LogP contribution in [-0.2, 0) is 0 Å². The van der Waals surface area contributed by atoms with Crippen LogP contribution in [0.2, 0.25) is 0 Å². The van der Waals surface area contributed by atoms with E-state index in [9.17, 15) is 4.79 Å². The lowest BCUT2D eigenvalue weighted by molar-refractivity contribution is 0.915. The zero-order valence-corrected chi connectivity index (χ0v) is 8.82. The number of hydrogen-bond acceptors (Lipinski definition) is 4. The Balaban J connectivity index is 2.33. The molecule has 0 N–H and O–H groups in total. The van der Waals surface area contributed by atoms with Gasteiger partial charge in [-0.15, -0.1) is 0 Å². The zero-order valence-electron chi connectivity index (χ0n) is 8.82. The standard InChI is InChI=1S/C12H8N4O/c17-12-11-9(4-3-7-14-11)15-8-16(12)10-5-1-2-6-13-10/h1-8H. The van der Waals surface area contributed by atoms with Crippen molar-refractivity contribution in [3.8, 4) is 5.82 Å². The van der Waals surface area contributed by atoms with Gasteiger partial charge in [0.05, 0.1) is 5.52 Å². The summed E-state index contributed by atoms with van der Waals surface area (Å²) in [5.74, 6) is 0.539. The molecule has 82 valence electrons. The molecule has 3 aromatic rings. The summed E-state index contributed by atoms with van der Waals surface area (Å²) in [5, 5.41) is 0. The largest absolute Gasteiger partial charge is 0.285 e. The lowest BCUT2D eigenvalue weighted by Crippen LogP contribution is -2.20. The topological polar surface area (TPSA) is 60.7 Å². The summed E-state index contributed by atoms with van der Waals surface area (Å²) in [6.07, 6.45) is 4.67. The number of rotatable bonds is 1. The maximum atomic E-state index is 12.1. The molecule has 0 radical (unpaired) electrons. The Morgan fingerprint density at radius 3 is 2.65 bits per heavy atom. The number of pyridine rings is 2. The molecule has 3 rings (SSSR count). The minimum atomic E-state index is -0.214. The molecule has 0 saturated heterocycles. The Labute approximate surface area is 96.4 Å². The summed E-state index contributed by atoms with van der Waals surface area (Å²) in [6, 6.07) is 8.86. The summed E-state index contributed by atoms with van der Waals surface area (Å²) in [5.41, 5.74) is 0.722. The van der Waals surface area contributed by atoms with E-state index in [0.29, 0.717) is 16.9 Å². The Morgan fingerprint density at radius 1 is 0.941 bits per heavy atom. The smallest absolute Gasteiger partial charge is 0.266 e. The molecule has 5 heteroatoms. The summed E-state index contributed by atoms with van der Waals surface area (Å²) < 4.78 is 1.38. The molecule has 0 aromatic carbocycles. The molecule has 0 aliphatic rings. The second kappa shape index (κ2) is 3.79. The maximum absolute atomic E-state index is 12.1. The lowest BCUT2D eigenvalue weighted by Gasteiger charge is -2.03. The van der Waals surface area contributed by atoms with Crippen LogP contribution in [0.3, 0.4) is 0 Å². The highest BCUT2D eigenvalue weighted by Gasteiger charge is 2.06. The Bertz CT molecular complexity index is 721. The first-order valence-corrected chi connectivity index (χ1v) is 5.10. The average Bonchev–Trinajstić information content (AvgIpc) is 2.40. The van der Waals surface area contributed by atoms with Crippen molar-refractivity contribution < 1.29 is 0 Å². The van der Waals surface area contributed by atoms with Crippen LogP contribution in [-0.4, -0.2) is 19.5 Å². The Kier molecular flexibility index (Phi) is 2.15. The van der Waals surface area contributed by atoms with Gasteiger partial charge in [0.1, 0.15) is 12.1 Å². The Hall–Kier alpha value is -2.56. The van der Waals surface area contributed by atoms with Gasteiger partial charge in [0, 0.05) is 12.4 Å². The monoisotopic (exact) mass is 224 g/mol. The molecular weight excluding hydrogens is 216 g/mol. The highest BCUT2D eigenvalue weighted by Crippen LogP contribution is 2.04. The fourth-order valence-corrected chi connectivity index (χ4v) is 1.61. The summed E-state index contributed by atoms with van der Waals surface area (Å²) in [6.45, 7) is 0. The highest BCUT2D eigenvalue weighted by atomic mass is 16.1. The van der Waals surface area contributed by atoms with E-state index in [-0.39, 0.29) is 5.56 Å². The van der Waals surface area contributed by atoms with Crippen LogP contribution in [0.1, 0.15) is 0 Å². The molecule has 0 aliphatic carbocycles. The molecular formula is C12H8N4O. The van der Waals surface area contributed by atoms with E-state index in [2.05, 4.69) is 15.0 Å². The first-order valence-electron chi connectivity index (χ1n) is 5.10. The van der Waals surface area contributed by atoms with Crippen molar-refractivity contribution in [3.63, 3.8) is 0 Å². The van der Waals surface area contributed by atoms with Gasteiger partial charge in [-0.25, -0.2) is 19.5 Å². The summed E-state index contributed by atoms with van der Waals surface area (Å²) >= 11 is 0. The molecule has 3 heterocycles. The van der Waals surface area contributed by atoms with Crippen LogP contribution in [0.4, 0.5) is 0 Å². The predicted octanol–water partition coefficient (Wildman–Crippen LogP) is 1.18. The minimum Gasteiger partial charge on any atom is -0.266 e. The van der Waals surface area contributed by atoms with Gasteiger partial charge in [0.25, 0.3) is 5.56 Å². The fraction of sp³-hybridized carbons (Fsp3) is 0. The van der Waals surface area contributed by atoms with Crippen molar-refractivity contribution in [3.05, 3.63) is 59.4 Å². The molecule has 0 fully saturated rings. The quantitative estimate of drug-likeness (QED) is 0.622. The van der Waals surface area contributed by atoms with Crippen LogP contribution in [0.5, 0.6) is 0 Å². The number of nitrogens with zero attached hydrogens (tertiary/aromatic N) is 4. The van der Waals surface area contributed by atoms with Gasteiger partial charge < -0.3 is 0 Å². The zero-order chi connectivity index (χ0) is 11.7. The van der Waals surface area contributed by atoms with Crippen LogP contribution < -0.4 is 5.56 Å². The lowest BCUT2D eigenvalue weighted by atomic mass is 10.3. The minimum absolute atomic E-state index is 0.214. The third-order valence-electron chi connectivity index (χ3n) is 2.42.